The van der Waals surface area contributed by atoms with E-state index in [0.717, 1.165) is 0 Å². The molecule has 0 radical (unpaired) electrons. The van der Waals surface area contributed by atoms with Crippen LogP contribution < -0.4 is 14.8 Å². The number of nitrogens with one attached hydrogen (secondary N) is 1. The van der Waals surface area contributed by atoms with Gasteiger partial charge in [0.25, 0.3) is 5.91 Å². The summed E-state index contributed by atoms with van der Waals surface area (Å²) in [6.45, 7) is -0.700. The van der Waals surface area contributed by atoms with E-state index in [1.807, 2.05) is 0 Å². The molecule has 0 aliphatic heterocycles. The van der Waals surface area contributed by atoms with Crippen LogP contribution in [0.1, 0.15) is 0 Å². The Kier molecular flexibility index (Phi) is 6.45. The number of benzene rings is 2. The molecule has 7 heteroatoms. The number of carbonyl (C=O) groups is 2. The van der Waals surface area contributed by atoms with Gasteiger partial charge in [0.2, 0.25) is 0 Å². The van der Waals surface area contributed by atoms with E-state index in [-0.39, 0.29) is 6.61 Å². The molecule has 2 aromatic rings. The molecule has 2 rings (SSSR count). The number of hydrogen-bond donors (Lipinski definition) is 1. The molecular weight excluding hydrogens is 334 g/mol. The quantitative estimate of drug-likeness (QED) is 0.778. The molecule has 0 saturated heterocycles. The Balaban J connectivity index is 1.72. The van der Waals surface area contributed by atoms with E-state index in [9.17, 15) is 9.59 Å². The summed E-state index contributed by atoms with van der Waals surface area (Å²) in [6.07, 6.45) is 0. The predicted octanol–water partition coefficient (Wildman–Crippen LogP) is 2.91. The Bertz CT molecular complexity index is 702. The maximum absolute atomic E-state index is 11.7. The van der Waals surface area contributed by atoms with Gasteiger partial charge in [-0.25, -0.2) is 4.79 Å². The highest BCUT2D eigenvalue weighted by Crippen LogP contribution is 2.17. The lowest BCUT2D eigenvalue weighted by atomic mass is 10.3. The largest absolute Gasteiger partial charge is 0.497 e. The first kappa shape index (κ1) is 17.6. The summed E-state index contributed by atoms with van der Waals surface area (Å²) in [5, 5.41) is 3.17. The van der Waals surface area contributed by atoms with Crippen LogP contribution in [-0.4, -0.2) is 32.2 Å². The van der Waals surface area contributed by atoms with Crippen LogP contribution in [0.5, 0.6) is 11.5 Å². The Morgan fingerprint density at radius 1 is 1.04 bits per heavy atom. The molecule has 0 atom stereocenters. The predicted molar refractivity (Wildman–Crippen MR) is 89.5 cm³/mol. The standard InChI is InChI=1S/C17H16ClNO5/c1-22-15-4-2-3-13(9-15)19-16(20)10-24-17(21)11-23-14-7-5-12(18)6-8-14/h2-9H,10-11H2,1H3,(H,19,20). The minimum atomic E-state index is -0.647. The van der Waals surface area contributed by atoms with Gasteiger partial charge in [-0.1, -0.05) is 17.7 Å². The second-order valence-electron chi connectivity index (χ2n) is 4.68. The molecule has 0 heterocycles. The fraction of sp³-hybridized carbons (Fsp3) is 0.176. The van der Waals surface area contributed by atoms with Gasteiger partial charge in [0.05, 0.1) is 7.11 Å². The van der Waals surface area contributed by atoms with Crippen LogP contribution in [0.25, 0.3) is 0 Å². The van der Waals surface area contributed by atoms with Crippen molar-refractivity contribution in [2.75, 3.05) is 25.6 Å². The zero-order valence-electron chi connectivity index (χ0n) is 13.0. The van der Waals surface area contributed by atoms with Crippen molar-refractivity contribution >= 4 is 29.2 Å². The van der Waals surface area contributed by atoms with Crippen LogP contribution in [0.2, 0.25) is 5.02 Å². The normalized spacial score (nSPS) is 9.92. The summed E-state index contributed by atoms with van der Waals surface area (Å²) >= 11 is 5.74. The number of halogens is 1. The molecule has 0 aromatic heterocycles. The van der Waals surface area contributed by atoms with Gasteiger partial charge in [-0.05, 0) is 36.4 Å². The first-order valence-electron chi connectivity index (χ1n) is 7.05. The van der Waals surface area contributed by atoms with Gasteiger partial charge in [-0.15, -0.1) is 0 Å². The maximum atomic E-state index is 11.7. The lowest BCUT2D eigenvalue weighted by Crippen LogP contribution is -2.23. The van der Waals surface area contributed by atoms with Crippen LogP contribution in [0, 0.1) is 0 Å². The number of hydrogen-bond acceptors (Lipinski definition) is 5. The van der Waals surface area contributed by atoms with Crippen LogP contribution in [0.3, 0.4) is 0 Å². The first-order chi connectivity index (χ1) is 11.6. The number of amides is 1. The number of rotatable bonds is 7. The third kappa shape index (κ3) is 5.81. The summed E-state index contributed by atoms with van der Waals surface area (Å²) in [7, 11) is 1.53. The van der Waals surface area contributed by atoms with E-state index >= 15 is 0 Å². The van der Waals surface area contributed by atoms with Crippen molar-refractivity contribution in [3.8, 4) is 11.5 Å². The summed E-state index contributed by atoms with van der Waals surface area (Å²) in [5.41, 5.74) is 0.549. The minimum Gasteiger partial charge on any atom is -0.497 e. The second-order valence-corrected chi connectivity index (χ2v) is 5.12. The van der Waals surface area contributed by atoms with Gasteiger partial charge in [-0.2, -0.15) is 0 Å². The molecule has 126 valence electrons. The number of methoxy groups -OCH3 is 1. The highest BCUT2D eigenvalue weighted by molar-refractivity contribution is 6.30. The van der Waals surface area contributed by atoms with Crippen LogP contribution in [0.15, 0.2) is 48.5 Å². The Hall–Kier alpha value is -2.73. The smallest absolute Gasteiger partial charge is 0.344 e. The van der Waals surface area contributed by atoms with Gasteiger partial charge in [0.15, 0.2) is 13.2 Å². The van der Waals surface area contributed by atoms with E-state index in [2.05, 4.69) is 5.32 Å². The monoisotopic (exact) mass is 349 g/mol. The fourth-order valence-corrected chi connectivity index (χ4v) is 1.88. The summed E-state index contributed by atoms with van der Waals surface area (Å²) in [6, 6.07) is 13.4. The third-order valence-electron chi connectivity index (χ3n) is 2.89. The van der Waals surface area contributed by atoms with Crippen molar-refractivity contribution in [1.82, 2.24) is 0 Å². The van der Waals surface area contributed by atoms with E-state index < -0.39 is 18.5 Å². The molecule has 0 fully saturated rings. The molecule has 0 unspecified atom stereocenters. The molecule has 1 amide bonds. The lowest BCUT2D eigenvalue weighted by molar-refractivity contribution is -0.149. The second kappa shape index (κ2) is 8.79. The zero-order chi connectivity index (χ0) is 17.4. The fourth-order valence-electron chi connectivity index (χ4n) is 1.76. The van der Waals surface area contributed by atoms with Crippen LogP contribution in [0.4, 0.5) is 5.69 Å². The first-order valence-corrected chi connectivity index (χ1v) is 7.42. The highest BCUT2D eigenvalue weighted by Gasteiger charge is 2.09. The van der Waals surface area contributed by atoms with E-state index in [1.165, 1.54) is 7.11 Å². The molecule has 0 bridgehead atoms. The number of esters is 1. The van der Waals surface area contributed by atoms with Gasteiger partial charge < -0.3 is 19.5 Å². The topological polar surface area (TPSA) is 73.9 Å². The van der Waals surface area contributed by atoms with Gasteiger partial charge >= 0.3 is 5.97 Å². The Morgan fingerprint density at radius 2 is 1.79 bits per heavy atom. The van der Waals surface area contributed by atoms with Gasteiger partial charge in [0, 0.05) is 16.8 Å². The highest BCUT2D eigenvalue weighted by atomic mass is 35.5. The molecule has 2 aromatic carbocycles. The van der Waals surface area contributed by atoms with E-state index in [1.54, 1.807) is 48.5 Å². The molecule has 0 spiro atoms. The average molecular weight is 350 g/mol. The molecule has 1 N–H and O–H groups in total. The number of carbonyl (C=O) groups excluding carboxylic acids is 2. The molecule has 0 aliphatic carbocycles. The summed E-state index contributed by atoms with van der Waals surface area (Å²) in [5.74, 6) is -0.00724. The van der Waals surface area contributed by atoms with E-state index in [4.69, 9.17) is 25.8 Å². The van der Waals surface area contributed by atoms with Crippen molar-refractivity contribution in [2.24, 2.45) is 0 Å². The zero-order valence-corrected chi connectivity index (χ0v) is 13.7. The summed E-state index contributed by atoms with van der Waals surface area (Å²) < 4.78 is 15.1. The average Bonchev–Trinajstić information content (AvgIpc) is 2.59. The van der Waals surface area contributed by atoms with Crippen molar-refractivity contribution in [1.29, 1.82) is 0 Å². The molecule has 6 nitrogen and oxygen atoms in total. The van der Waals surface area contributed by atoms with Crippen LogP contribution >= 0.6 is 11.6 Å². The molecule has 24 heavy (non-hydrogen) atoms. The Labute approximate surface area is 144 Å². The van der Waals surface area contributed by atoms with Crippen molar-refractivity contribution in [3.63, 3.8) is 0 Å². The molecular formula is C17H16ClNO5. The summed E-state index contributed by atoms with van der Waals surface area (Å²) in [4.78, 5) is 23.3. The third-order valence-corrected chi connectivity index (χ3v) is 3.14. The van der Waals surface area contributed by atoms with Crippen LogP contribution in [-0.2, 0) is 14.3 Å². The molecule has 0 aliphatic rings. The van der Waals surface area contributed by atoms with Crippen molar-refractivity contribution in [2.45, 2.75) is 0 Å². The SMILES string of the molecule is COc1cccc(NC(=O)COC(=O)COc2ccc(Cl)cc2)c1. The minimum absolute atomic E-state index is 0.298. The molecule has 0 saturated carbocycles. The number of anilines is 1. The Morgan fingerprint density at radius 3 is 2.50 bits per heavy atom. The van der Waals surface area contributed by atoms with Crippen molar-refractivity contribution < 1.29 is 23.8 Å². The van der Waals surface area contributed by atoms with Crippen molar-refractivity contribution in [3.05, 3.63) is 53.6 Å². The van der Waals surface area contributed by atoms with E-state index in [0.29, 0.717) is 22.2 Å². The van der Waals surface area contributed by atoms with Gasteiger partial charge in [-0.3, -0.25) is 4.79 Å². The lowest BCUT2D eigenvalue weighted by Gasteiger charge is -2.08. The number of ether oxygens (including phenoxy) is 3. The maximum Gasteiger partial charge on any atom is 0.344 e. The van der Waals surface area contributed by atoms with Gasteiger partial charge in [0.1, 0.15) is 11.5 Å².